The Morgan fingerprint density at radius 1 is 1.00 bits per heavy atom. The molecule has 3 heteroatoms. The van der Waals surface area contributed by atoms with Crippen LogP contribution in [0, 0.1) is 0 Å². The van der Waals surface area contributed by atoms with Gasteiger partial charge in [0.15, 0.2) is 0 Å². The highest BCUT2D eigenvalue weighted by molar-refractivity contribution is 5.94. The zero-order valence-corrected chi connectivity index (χ0v) is 13.1. The van der Waals surface area contributed by atoms with Gasteiger partial charge in [-0.2, -0.15) is 0 Å². The lowest BCUT2D eigenvalue weighted by Gasteiger charge is -2.21. The summed E-state index contributed by atoms with van der Waals surface area (Å²) in [7, 11) is 0. The van der Waals surface area contributed by atoms with Gasteiger partial charge in [-0.3, -0.25) is 0 Å². The number of carbonyl (C=O) groups is 1. The quantitative estimate of drug-likeness (QED) is 0.424. The maximum Gasteiger partial charge on any atom is 0.342 e. The van der Waals surface area contributed by atoms with Crippen molar-refractivity contribution in [3.8, 4) is 0 Å². The summed E-state index contributed by atoms with van der Waals surface area (Å²) in [6.45, 7) is 4.00. The molecule has 0 amide bonds. The molecule has 0 aliphatic carbocycles. The van der Waals surface area contributed by atoms with E-state index in [9.17, 15) is 9.90 Å². The van der Waals surface area contributed by atoms with Gasteiger partial charge in [-0.1, -0.05) is 64.7 Å². The third-order valence-electron chi connectivity index (χ3n) is 4.00. The monoisotopic (exact) mass is 282 g/mol. The number of esters is 1. The highest BCUT2D eigenvalue weighted by atomic mass is 16.6. The number of hydrogen-bond donors (Lipinski definition) is 1. The molecule has 1 aliphatic heterocycles. The smallest absolute Gasteiger partial charge is 0.342 e. The van der Waals surface area contributed by atoms with Gasteiger partial charge < -0.3 is 9.84 Å². The van der Waals surface area contributed by atoms with E-state index >= 15 is 0 Å². The largest absolute Gasteiger partial charge is 0.427 e. The van der Waals surface area contributed by atoms with Gasteiger partial charge in [-0.25, -0.2) is 4.79 Å². The molecule has 0 aromatic carbocycles. The van der Waals surface area contributed by atoms with E-state index in [2.05, 4.69) is 6.92 Å². The van der Waals surface area contributed by atoms with E-state index in [1.807, 2.05) is 0 Å². The molecule has 116 valence electrons. The molecule has 0 saturated heterocycles. The lowest BCUT2D eigenvalue weighted by atomic mass is 10.0. The van der Waals surface area contributed by atoms with Crippen molar-refractivity contribution in [1.82, 2.24) is 0 Å². The van der Waals surface area contributed by atoms with Crippen LogP contribution in [0.25, 0.3) is 0 Å². The van der Waals surface area contributed by atoms with Crippen molar-refractivity contribution in [1.29, 1.82) is 0 Å². The Morgan fingerprint density at radius 3 is 2.05 bits per heavy atom. The summed E-state index contributed by atoms with van der Waals surface area (Å²) >= 11 is 0. The Balaban J connectivity index is 1.90. The SMILES string of the molecule is CCCCCCCCCCC[C@H](O)CC1=C(C)C(=O)O1. The summed E-state index contributed by atoms with van der Waals surface area (Å²) in [6.07, 6.45) is 12.6. The van der Waals surface area contributed by atoms with Crippen molar-refractivity contribution in [3.05, 3.63) is 11.3 Å². The molecule has 20 heavy (non-hydrogen) atoms. The fourth-order valence-corrected chi connectivity index (χ4v) is 2.53. The Morgan fingerprint density at radius 2 is 1.55 bits per heavy atom. The number of carbonyl (C=O) groups excluding carboxylic acids is 1. The van der Waals surface area contributed by atoms with Gasteiger partial charge >= 0.3 is 5.97 Å². The first kappa shape index (κ1) is 17.2. The molecule has 1 aliphatic rings. The fourth-order valence-electron chi connectivity index (χ4n) is 2.53. The zero-order chi connectivity index (χ0) is 14.8. The highest BCUT2D eigenvalue weighted by Gasteiger charge is 2.27. The summed E-state index contributed by atoms with van der Waals surface area (Å²) < 4.78 is 4.89. The number of cyclic esters (lactones) is 1. The molecule has 0 radical (unpaired) electrons. The van der Waals surface area contributed by atoms with Gasteiger partial charge in [0, 0.05) is 6.42 Å². The topological polar surface area (TPSA) is 46.5 Å². The summed E-state index contributed by atoms with van der Waals surface area (Å²) in [6, 6.07) is 0. The number of unbranched alkanes of at least 4 members (excludes halogenated alkanes) is 8. The lowest BCUT2D eigenvalue weighted by molar-refractivity contribution is -0.141. The van der Waals surface area contributed by atoms with Crippen molar-refractivity contribution in [2.45, 2.75) is 90.6 Å². The van der Waals surface area contributed by atoms with E-state index in [0.29, 0.717) is 17.8 Å². The maximum absolute atomic E-state index is 10.9. The van der Waals surface area contributed by atoms with Crippen LogP contribution in [-0.4, -0.2) is 17.2 Å². The molecule has 0 fully saturated rings. The first-order valence-electron chi connectivity index (χ1n) is 8.25. The zero-order valence-electron chi connectivity index (χ0n) is 13.1. The third-order valence-corrected chi connectivity index (χ3v) is 4.00. The predicted octanol–water partition coefficient (Wildman–Crippen LogP) is 4.49. The van der Waals surface area contributed by atoms with E-state index in [0.717, 1.165) is 12.8 Å². The molecule has 1 atom stereocenters. The van der Waals surface area contributed by atoms with Crippen LogP contribution in [0.4, 0.5) is 0 Å². The van der Waals surface area contributed by atoms with Crippen LogP contribution in [0.3, 0.4) is 0 Å². The summed E-state index contributed by atoms with van der Waals surface area (Å²) in [5, 5.41) is 9.86. The molecule has 0 aromatic rings. The molecule has 0 saturated carbocycles. The Bertz CT molecular complexity index is 320. The van der Waals surface area contributed by atoms with Crippen LogP contribution in [-0.2, 0) is 9.53 Å². The molecule has 0 aromatic heterocycles. The van der Waals surface area contributed by atoms with Crippen molar-refractivity contribution < 1.29 is 14.6 Å². The molecule has 1 heterocycles. The van der Waals surface area contributed by atoms with Crippen molar-refractivity contribution >= 4 is 5.97 Å². The first-order chi connectivity index (χ1) is 9.65. The Hall–Kier alpha value is -0.830. The van der Waals surface area contributed by atoms with E-state index < -0.39 is 0 Å². The Kier molecular flexibility index (Phi) is 8.59. The van der Waals surface area contributed by atoms with E-state index in [1.54, 1.807) is 6.92 Å². The number of aliphatic hydroxyl groups excluding tert-OH is 1. The number of hydrogen-bond acceptors (Lipinski definition) is 3. The van der Waals surface area contributed by atoms with E-state index in [1.165, 1.54) is 51.4 Å². The van der Waals surface area contributed by atoms with Crippen molar-refractivity contribution in [2.24, 2.45) is 0 Å². The van der Waals surface area contributed by atoms with Crippen LogP contribution in [0.15, 0.2) is 11.3 Å². The highest BCUT2D eigenvalue weighted by Crippen LogP contribution is 2.25. The molecular formula is C17H30O3. The predicted molar refractivity (Wildman–Crippen MR) is 81.3 cm³/mol. The molecule has 0 unspecified atom stereocenters. The summed E-state index contributed by atoms with van der Waals surface area (Å²) in [5.74, 6) is 0.439. The van der Waals surface area contributed by atoms with Crippen LogP contribution in [0.5, 0.6) is 0 Å². The van der Waals surface area contributed by atoms with Gasteiger partial charge in [-0.05, 0) is 13.3 Å². The van der Waals surface area contributed by atoms with Gasteiger partial charge in [-0.15, -0.1) is 0 Å². The second-order valence-electron chi connectivity index (χ2n) is 5.91. The van der Waals surface area contributed by atoms with Crippen LogP contribution in [0.1, 0.15) is 84.5 Å². The second-order valence-corrected chi connectivity index (χ2v) is 5.91. The normalized spacial score (nSPS) is 16.1. The van der Waals surface area contributed by atoms with E-state index in [-0.39, 0.29) is 12.1 Å². The van der Waals surface area contributed by atoms with Gasteiger partial charge in [0.2, 0.25) is 0 Å². The minimum atomic E-state index is -0.363. The summed E-state index contributed by atoms with van der Waals surface area (Å²) in [4.78, 5) is 10.9. The van der Waals surface area contributed by atoms with E-state index in [4.69, 9.17) is 4.74 Å². The van der Waals surface area contributed by atoms with Crippen LogP contribution in [0.2, 0.25) is 0 Å². The van der Waals surface area contributed by atoms with Crippen LogP contribution < -0.4 is 0 Å². The molecule has 1 N–H and O–H groups in total. The molecular weight excluding hydrogens is 252 g/mol. The lowest BCUT2D eigenvalue weighted by Crippen LogP contribution is -2.23. The number of rotatable bonds is 12. The van der Waals surface area contributed by atoms with Gasteiger partial charge in [0.25, 0.3) is 0 Å². The van der Waals surface area contributed by atoms with Crippen molar-refractivity contribution in [2.75, 3.05) is 0 Å². The standard InChI is InChI=1S/C17H30O3/c1-3-4-5-6-7-8-9-10-11-12-15(18)13-16-14(2)17(19)20-16/h15,18H,3-13H2,1-2H3/t15-/m0/s1. The number of ether oxygens (including phenoxy) is 1. The second kappa shape index (κ2) is 9.98. The molecule has 0 bridgehead atoms. The van der Waals surface area contributed by atoms with Gasteiger partial charge in [0.05, 0.1) is 11.7 Å². The molecule has 3 nitrogen and oxygen atoms in total. The minimum absolute atomic E-state index is 0.240. The molecule has 0 spiro atoms. The third kappa shape index (κ3) is 6.56. The van der Waals surface area contributed by atoms with Gasteiger partial charge in [0.1, 0.15) is 5.76 Å². The average Bonchev–Trinajstić information content (AvgIpc) is 2.45. The van der Waals surface area contributed by atoms with Crippen molar-refractivity contribution in [3.63, 3.8) is 0 Å². The molecule has 1 rings (SSSR count). The van der Waals surface area contributed by atoms with Crippen LogP contribution >= 0.6 is 0 Å². The fraction of sp³-hybridized carbons (Fsp3) is 0.824. The first-order valence-corrected chi connectivity index (χ1v) is 8.25. The summed E-state index contributed by atoms with van der Waals surface area (Å²) in [5.41, 5.74) is 0.677. The maximum atomic E-state index is 10.9. The average molecular weight is 282 g/mol. The minimum Gasteiger partial charge on any atom is -0.427 e. The Labute approximate surface area is 123 Å². The number of aliphatic hydroxyl groups is 1.